The van der Waals surface area contributed by atoms with Crippen LogP contribution in [0.15, 0.2) is 46.2 Å². The number of hydrogen-bond acceptors (Lipinski definition) is 6. The summed E-state index contributed by atoms with van der Waals surface area (Å²) in [4.78, 5) is 34.2. The van der Waals surface area contributed by atoms with Gasteiger partial charge in [-0.3, -0.25) is 14.2 Å². The van der Waals surface area contributed by atoms with Crippen molar-refractivity contribution in [3.05, 3.63) is 46.9 Å². The fourth-order valence-corrected chi connectivity index (χ4v) is 4.18. The number of amides is 1. The Labute approximate surface area is 166 Å². The fraction of sp³-hybridized carbons (Fsp3) is 0.300. The Balaban J connectivity index is 1.72. The van der Waals surface area contributed by atoms with E-state index in [1.165, 1.54) is 11.8 Å². The largest absolute Gasteiger partial charge is 0.324 e. The minimum Gasteiger partial charge on any atom is -0.324 e. The molecule has 2 N–H and O–H groups in total. The van der Waals surface area contributed by atoms with Crippen LogP contribution in [0.1, 0.15) is 32.7 Å². The number of rotatable bonds is 5. The number of benzene rings is 1. The van der Waals surface area contributed by atoms with Gasteiger partial charge in [0.05, 0.1) is 11.4 Å². The molecule has 3 heterocycles. The Morgan fingerprint density at radius 2 is 2.04 bits per heavy atom. The second kappa shape index (κ2) is 7.63. The van der Waals surface area contributed by atoms with Crippen molar-refractivity contribution in [1.82, 2.24) is 14.5 Å². The summed E-state index contributed by atoms with van der Waals surface area (Å²) in [5, 5.41) is 6.89. The standard InChI is InChI=1S/C20H21N5O2S/c1-3-14(4-2)25-18(27)8-5-12-10-21-20(24-19(12)25)22-13-6-7-16-15(9-13)23-17(26)11-28-16/h5-10,14H,3-4,11H2,1-2H3,(H,23,26)(H,21,22,24). The van der Waals surface area contributed by atoms with E-state index in [1.807, 2.05) is 18.2 Å². The summed E-state index contributed by atoms with van der Waals surface area (Å²) in [6, 6.07) is 9.17. The third kappa shape index (κ3) is 3.47. The molecule has 0 spiro atoms. The van der Waals surface area contributed by atoms with Gasteiger partial charge in [0.25, 0.3) is 5.56 Å². The lowest BCUT2D eigenvalue weighted by Gasteiger charge is -2.19. The van der Waals surface area contributed by atoms with Gasteiger partial charge in [-0.1, -0.05) is 13.8 Å². The normalized spacial score (nSPS) is 13.5. The van der Waals surface area contributed by atoms with Crippen molar-refractivity contribution < 1.29 is 4.79 Å². The quantitative estimate of drug-likeness (QED) is 0.680. The van der Waals surface area contributed by atoms with E-state index in [0.29, 0.717) is 17.3 Å². The molecule has 144 valence electrons. The highest BCUT2D eigenvalue weighted by Crippen LogP contribution is 2.34. The van der Waals surface area contributed by atoms with Gasteiger partial charge in [-0.05, 0) is 37.1 Å². The Kier molecular flexibility index (Phi) is 5.04. The number of nitrogens with one attached hydrogen (secondary N) is 2. The van der Waals surface area contributed by atoms with Crippen LogP contribution in [0.4, 0.5) is 17.3 Å². The molecule has 1 amide bonds. The van der Waals surface area contributed by atoms with E-state index < -0.39 is 0 Å². The van der Waals surface area contributed by atoms with Gasteiger partial charge in [0.2, 0.25) is 11.9 Å². The zero-order chi connectivity index (χ0) is 19.7. The molecular weight excluding hydrogens is 374 g/mol. The van der Waals surface area contributed by atoms with Crippen LogP contribution in [0.25, 0.3) is 11.0 Å². The van der Waals surface area contributed by atoms with Crippen LogP contribution in [0.5, 0.6) is 0 Å². The first-order valence-electron chi connectivity index (χ1n) is 9.31. The molecule has 8 heteroatoms. The van der Waals surface area contributed by atoms with Crippen molar-refractivity contribution in [2.75, 3.05) is 16.4 Å². The highest BCUT2D eigenvalue weighted by Gasteiger charge is 2.16. The first-order chi connectivity index (χ1) is 13.6. The molecular formula is C20H21N5O2S. The molecule has 0 fully saturated rings. The molecule has 0 aliphatic carbocycles. The summed E-state index contributed by atoms with van der Waals surface area (Å²) in [5.74, 6) is 0.833. The average molecular weight is 395 g/mol. The molecule has 1 aromatic carbocycles. The van der Waals surface area contributed by atoms with Crippen molar-refractivity contribution in [3.63, 3.8) is 0 Å². The summed E-state index contributed by atoms with van der Waals surface area (Å²) < 4.78 is 1.76. The van der Waals surface area contributed by atoms with Crippen LogP contribution in [0.2, 0.25) is 0 Å². The number of carbonyl (C=O) groups excluding carboxylic acids is 1. The molecule has 0 radical (unpaired) electrons. The Morgan fingerprint density at radius 3 is 2.82 bits per heavy atom. The molecule has 4 rings (SSSR count). The molecule has 0 saturated heterocycles. The van der Waals surface area contributed by atoms with Crippen LogP contribution in [0, 0.1) is 0 Å². The van der Waals surface area contributed by atoms with Crippen molar-refractivity contribution in [2.45, 2.75) is 37.6 Å². The average Bonchev–Trinajstić information content (AvgIpc) is 2.70. The maximum absolute atomic E-state index is 12.5. The van der Waals surface area contributed by atoms with E-state index in [0.717, 1.165) is 34.5 Å². The number of carbonyl (C=O) groups is 1. The number of nitrogens with zero attached hydrogens (tertiary/aromatic N) is 3. The molecule has 1 aliphatic heterocycles. The lowest BCUT2D eigenvalue weighted by Crippen LogP contribution is -2.24. The van der Waals surface area contributed by atoms with Gasteiger partial charge in [-0.2, -0.15) is 4.98 Å². The molecule has 0 saturated carbocycles. The maximum Gasteiger partial charge on any atom is 0.252 e. The molecule has 0 bridgehead atoms. The summed E-state index contributed by atoms with van der Waals surface area (Å²) in [6.45, 7) is 4.14. The van der Waals surface area contributed by atoms with Crippen molar-refractivity contribution in [1.29, 1.82) is 0 Å². The molecule has 3 aromatic rings. The molecule has 1 aliphatic rings. The van der Waals surface area contributed by atoms with Crippen molar-refractivity contribution in [3.8, 4) is 0 Å². The number of aromatic nitrogens is 3. The van der Waals surface area contributed by atoms with E-state index in [1.54, 1.807) is 22.9 Å². The third-order valence-corrected chi connectivity index (χ3v) is 5.92. The monoisotopic (exact) mass is 395 g/mol. The van der Waals surface area contributed by atoms with Gasteiger partial charge in [0, 0.05) is 34.3 Å². The van der Waals surface area contributed by atoms with Crippen LogP contribution < -0.4 is 16.2 Å². The number of thioether (sulfide) groups is 1. The van der Waals surface area contributed by atoms with Gasteiger partial charge in [-0.15, -0.1) is 11.8 Å². The molecule has 28 heavy (non-hydrogen) atoms. The summed E-state index contributed by atoms with van der Waals surface area (Å²) in [5.41, 5.74) is 2.12. The number of pyridine rings is 1. The summed E-state index contributed by atoms with van der Waals surface area (Å²) in [6.07, 6.45) is 3.42. The van der Waals surface area contributed by atoms with Crippen LogP contribution >= 0.6 is 11.8 Å². The second-order valence-electron chi connectivity index (χ2n) is 6.66. The van der Waals surface area contributed by atoms with Gasteiger partial charge in [0.15, 0.2) is 0 Å². The molecule has 7 nitrogen and oxygen atoms in total. The number of fused-ring (bicyclic) bond motifs is 2. The summed E-state index contributed by atoms with van der Waals surface area (Å²) >= 11 is 1.52. The zero-order valence-electron chi connectivity index (χ0n) is 15.7. The second-order valence-corrected chi connectivity index (χ2v) is 7.67. The Bertz CT molecular complexity index is 1110. The lowest BCUT2D eigenvalue weighted by molar-refractivity contribution is -0.113. The first-order valence-corrected chi connectivity index (χ1v) is 10.3. The molecule has 0 unspecified atom stereocenters. The van der Waals surface area contributed by atoms with Gasteiger partial charge < -0.3 is 10.6 Å². The zero-order valence-corrected chi connectivity index (χ0v) is 16.5. The van der Waals surface area contributed by atoms with E-state index in [2.05, 4.69) is 34.4 Å². The van der Waals surface area contributed by atoms with E-state index in [-0.39, 0.29) is 17.5 Å². The van der Waals surface area contributed by atoms with Crippen LogP contribution in [-0.4, -0.2) is 26.2 Å². The SMILES string of the molecule is CCC(CC)n1c(=O)ccc2cnc(Nc3ccc4c(c3)NC(=O)CS4)nc21. The van der Waals surface area contributed by atoms with E-state index in [4.69, 9.17) is 0 Å². The smallest absolute Gasteiger partial charge is 0.252 e. The van der Waals surface area contributed by atoms with E-state index in [9.17, 15) is 9.59 Å². The lowest BCUT2D eigenvalue weighted by atomic mass is 10.1. The number of anilines is 3. The minimum atomic E-state index is -0.0561. The predicted octanol–water partition coefficient (Wildman–Crippen LogP) is 3.94. The topological polar surface area (TPSA) is 88.9 Å². The van der Waals surface area contributed by atoms with Gasteiger partial charge in [-0.25, -0.2) is 4.98 Å². The summed E-state index contributed by atoms with van der Waals surface area (Å²) in [7, 11) is 0. The highest BCUT2D eigenvalue weighted by atomic mass is 32.2. The van der Waals surface area contributed by atoms with Gasteiger partial charge in [0.1, 0.15) is 5.65 Å². The maximum atomic E-state index is 12.5. The van der Waals surface area contributed by atoms with Crippen LogP contribution in [0.3, 0.4) is 0 Å². The van der Waals surface area contributed by atoms with E-state index >= 15 is 0 Å². The highest BCUT2D eigenvalue weighted by molar-refractivity contribution is 8.00. The Hall–Kier alpha value is -2.87. The third-order valence-electron chi connectivity index (χ3n) is 4.84. The van der Waals surface area contributed by atoms with Crippen LogP contribution in [-0.2, 0) is 4.79 Å². The van der Waals surface area contributed by atoms with Gasteiger partial charge >= 0.3 is 0 Å². The fourth-order valence-electron chi connectivity index (χ4n) is 3.40. The minimum absolute atomic E-state index is 0.00852. The molecule has 0 atom stereocenters. The van der Waals surface area contributed by atoms with Crippen molar-refractivity contribution in [2.24, 2.45) is 0 Å². The number of hydrogen-bond donors (Lipinski definition) is 2. The predicted molar refractivity (Wildman–Crippen MR) is 112 cm³/mol. The molecule has 2 aromatic heterocycles. The Morgan fingerprint density at radius 1 is 1.21 bits per heavy atom. The first kappa shape index (κ1) is 18.5. The van der Waals surface area contributed by atoms with Crippen molar-refractivity contribution >= 4 is 46.0 Å².